The molecule has 0 aromatic heterocycles. The summed E-state index contributed by atoms with van der Waals surface area (Å²) in [4.78, 5) is 20.1. The molecule has 0 fully saturated rings. The molecule has 0 aliphatic rings. The zero-order valence-electron chi connectivity index (χ0n) is 6.51. The minimum atomic E-state index is -1.58. The maximum atomic E-state index is 10.3. The molecular weight excluding hydrogens is 145 g/mol. The predicted molar refractivity (Wildman–Crippen MR) is 29.5 cm³/mol. The molecule has 0 saturated carbocycles. The van der Waals surface area contributed by atoms with E-state index in [0.29, 0.717) is 0 Å². The van der Waals surface area contributed by atoms with E-state index in [1.165, 1.54) is 0 Å². The molecule has 3 nitrogen and oxygen atoms in total. The van der Waals surface area contributed by atoms with Gasteiger partial charge in [-0.1, -0.05) is 13.8 Å². The molecule has 0 aliphatic carbocycles. The van der Waals surface area contributed by atoms with Gasteiger partial charge in [0.25, 0.3) is 0 Å². The van der Waals surface area contributed by atoms with Gasteiger partial charge in [-0.05, 0) is 5.92 Å². The summed E-state index contributed by atoms with van der Waals surface area (Å²) in [5, 5.41) is 9.77. The van der Waals surface area contributed by atoms with Crippen LogP contribution in [0.15, 0.2) is 0 Å². The largest absolute Gasteiger partial charge is 1.00 e. The van der Waals surface area contributed by atoms with Gasteiger partial charge in [-0.3, -0.25) is 4.79 Å². The Morgan fingerprint density at radius 1 is 1.40 bits per heavy atom. The van der Waals surface area contributed by atoms with E-state index < -0.39 is 11.8 Å². The molecule has 0 rings (SSSR count). The van der Waals surface area contributed by atoms with Crippen LogP contribution in [0.1, 0.15) is 20.3 Å². The molecule has 0 spiro atoms. The fourth-order valence-corrected chi connectivity index (χ4v) is 0.454. The van der Waals surface area contributed by atoms with E-state index in [1.807, 2.05) is 0 Å². The number of carbonyl (C=O) groups is 2. The van der Waals surface area contributed by atoms with Gasteiger partial charge < -0.3 is 9.90 Å². The second-order valence-electron chi connectivity index (χ2n) is 2.31. The molecule has 0 aromatic carbocycles. The Morgan fingerprint density at radius 3 is 1.90 bits per heavy atom. The van der Waals surface area contributed by atoms with Crippen LogP contribution in [0, 0.1) is 5.92 Å². The van der Waals surface area contributed by atoms with Gasteiger partial charge in [0, 0.05) is 6.42 Å². The summed E-state index contributed by atoms with van der Waals surface area (Å²) >= 11 is 0. The summed E-state index contributed by atoms with van der Waals surface area (Å²) in [5.41, 5.74) is 0. The SMILES string of the molecule is CC(C)C[13C](=O)[13C](=O)[O-].[Na+]. The topological polar surface area (TPSA) is 57.2 Å². The number of rotatable bonds is 3. The summed E-state index contributed by atoms with van der Waals surface area (Å²) in [5.74, 6) is -2.30. The number of Topliss-reactive ketones (excluding diaryl/α,β-unsaturated/α-hetero) is 1. The monoisotopic (exact) mass is 154 g/mol. The number of carboxylic acid groups (broad SMARTS) is 1. The number of aliphatic carboxylic acids is 1. The number of carbonyl (C=O) groups excluding carboxylic acids is 2. The fraction of sp³-hybridized carbons (Fsp3) is 0.667. The Kier molecular flexibility index (Phi) is 7.53. The van der Waals surface area contributed by atoms with Crippen molar-refractivity contribution >= 4 is 11.8 Å². The molecule has 10 heavy (non-hydrogen) atoms. The molecule has 0 bridgehead atoms. The Hall–Kier alpha value is 0.140. The normalized spacial score (nSPS) is 8.70. The molecule has 0 aromatic rings. The van der Waals surface area contributed by atoms with Crippen molar-refractivity contribution in [2.45, 2.75) is 20.3 Å². The molecule has 0 atom stereocenters. The first kappa shape index (κ1) is 12.8. The summed E-state index contributed by atoms with van der Waals surface area (Å²) in [6.07, 6.45) is 0.0718. The van der Waals surface area contributed by atoms with Crippen molar-refractivity contribution < 1.29 is 44.3 Å². The number of carboxylic acids is 1. The van der Waals surface area contributed by atoms with Crippen LogP contribution in [0.25, 0.3) is 0 Å². The molecule has 0 amide bonds. The van der Waals surface area contributed by atoms with Crippen LogP contribution >= 0.6 is 0 Å². The maximum absolute atomic E-state index is 10.3. The molecule has 0 aliphatic heterocycles. The van der Waals surface area contributed by atoms with Gasteiger partial charge in [-0.15, -0.1) is 0 Å². The summed E-state index contributed by atoms with van der Waals surface area (Å²) in [6, 6.07) is 0. The smallest absolute Gasteiger partial charge is 0.542 e. The standard InChI is InChI=1S/C6H10O3.Na/c1-4(2)3-5(7)6(8)9;/h4H,3H2,1-2H3,(H,8,9);/q;+1/p-1/i5+1,6+1;. The Bertz CT molecular complexity index is 131. The minimum absolute atomic E-state index is 0. The fourth-order valence-electron chi connectivity index (χ4n) is 0.454. The number of ketones is 1. The number of hydrogen-bond acceptors (Lipinski definition) is 3. The van der Waals surface area contributed by atoms with Crippen molar-refractivity contribution in [3.63, 3.8) is 0 Å². The van der Waals surface area contributed by atoms with Crippen molar-refractivity contribution in [3.8, 4) is 0 Å². The summed E-state index contributed by atoms with van der Waals surface area (Å²) < 4.78 is 0. The third-order valence-corrected chi connectivity index (χ3v) is 0.821. The molecule has 0 N–H and O–H groups in total. The second-order valence-corrected chi connectivity index (χ2v) is 2.31. The molecule has 4 heteroatoms. The molecule has 0 saturated heterocycles. The van der Waals surface area contributed by atoms with E-state index in [-0.39, 0.29) is 41.9 Å². The van der Waals surface area contributed by atoms with E-state index >= 15 is 0 Å². The van der Waals surface area contributed by atoms with Crippen LogP contribution in [0.4, 0.5) is 0 Å². The first-order valence-electron chi connectivity index (χ1n) is 2.78. The molecule has 0 unspecified atom stereocenters. The second kappa shape index (κ2) is 5.89. The van der Waals surface area contributed by atoms with E-state index in [4.69, 9.17) is 0 Å². The average Bonchev–Trinajstić information content (AvgIpc) is 1.63. The van der Waals surface area contributed by atoms with Crippen LogP contribution in [-0.4, -0.2) is 11.8 Å². The number of hydrogen-bond donors (Lipinski definition) is 0. The van der Waals surface area contributed by atoms with Gasteiger partial charge in [0.05, 0.1) is 0 Å². The molecular formula is C6H9NaO3. The van der Waals surface area contributed by atoms with E-state index in [9.17, 15) is 14.7 Å². The molecule has 52 valence electrons. The van der Waals surface area contributed by atoms with Crippen LogP contribution in [-0.2, 0) is 9.59 Å². The Balaban J connectivity index is 0. The molecule has 0 radical (unpaired) electrons. The first-order valence-corrected chi connectivity index (χ1v) is 2.78. The van der Waals surface area contributed by atoms with Gasteiger partial charge in [-0.2, -0.15) is 0 Å². The van der Waals surface area contributed by atoms with Crippen molar-refractivity contribution in [1.82, 2.24) is 0 Å². The van der Waals surface area contributed by atoms with E-state index in [2.05, 4.69) is 0 Å². The van der Waals surface area contributed by atoms with Crippen LogP contribution in [0.3, 0.4) is 0 Å². The van der Waals surface area contributed by atoms with E-state index in [0.717, 1.165) is 0 Å². The minimum Gasteiger partial charge on any atom is -0.542 e. The van der Waals surface area contributed by atoms with Gasteiger partial charge in [0.15, 0.2) is 5.78 Å². The van der Waals surface area contributed by atoms with Crippen LogP contribution < -0.4 is 34.7 Å². The van der Waals surface area contributed by atoms with Gasteiger partial charge in [0.1, 0.15) is 5.97 Å². The Morgan fingerprint density at radius 2 is 1.80 bits per heavy atom. The van der Waals surface area contributed by atoms with Crippen LogP contribution in [0.5, 0.6) is 0 Å². The van der Waals surface area contributed by atoms with Crippen molar-refractivity contribution in [2.24, 2.45) is 5.92 Å². The first-order chi connectivity index (χ1) is 4.04. The van der Waals surface area contributed by atoms with Crippen molar-refractivity contribution in [2.75, 3.05) is 0 Å². The summed E-state index contributed by atoms with van der Waals surface area (Å²) in [7, 11) is 0. The predicted octanol–water partition coefficient (Wildman–Crippen LogP) is -3.64. The van der Waals surface area contributed by atoms with E-state index in [1.54, 1.807) is 13.8 Å². The average molecular weight is 154 g/mol. The zero-order chi connectivity index (χ0) is 7.44. The van der Waals surface area contributed by atoms with Crippen molar-refractivity contribution in [3.05, 3.63) is 0 Å². The van der Waals surface area contributed by atoms with Gasteiger partial charge in [-0.25, -0.2) is 0 Å². The summed E-state index contributed by atoms with van der Waals surface area (Å²) in [6.45, 7) is 3.56. The Labute approximate surface area is 82.1 Å². The van der Waals surface area contributed by atoms with Crippen LogP contribution in [0.2, 0.25) is 0 Å². The zero-order valence-corrected chi connectivity index (χ0v) is 8.51. The quantitative estimate of drug-likeness (QED) is 0.239. The third kappa shape index (κ3) is 6.26. The molecule has 0 heterocycles. The third-order valence-electron chi connectivity index (χ3n) is 0.821. The maximum Gasteiger partial charge on any atom is 1.00 e. The van der Waals surface area contributed by atoms with Gasteiger partial charge in [0.2, 0.25) is 0 Å². The van der Waals surface area contributed by atoms with Gasteiger partial charge >= 0.3 is 29.6 Å². The van der Waals surface area contributed by atoms with Crippen molar-refractivity contribution in [1.29, 1.82) is 0 Å².